The monoisotopic (exact) mass is 325 g/mol. The fourth-order valence-electron chi connectivity index (χ4n) is 2.36. The van der Waals surface area contributed by atoms with Gasteiger partial charge >= 0.3 is 0 Å². The molecule has 0 saturated heterocycles. The Bertz CT molecular complexity index is 546. The third-order valence-electron chi connectivity index (χ3n) is 3.63. The fraction of sp³-hybridized carbons (Fsp3) is 0.625. The van der Waals surface area contributed by atoms with E-state index in [1.165, 1.54) is 11.3 Å². The Labute approximate surface area is 139 Å². The normalized spacial score (nSPS) is 12.4. The molecule has 1 unspecified atom stereocenters. The van der Waals surface area contributed by atoms with Crippen molar-refractivity contribution < 1.29 is 0 Å². The predicted molar refractivity (Wildman–Crippen MR) is 92.1 cm³/mol. The summed E-state index contributed by atoms with van der Waals surface area (Å²) in [5, 5.41) is 12.3. The minimum absolute atomic E-state index is 0. The Kier molecular flexibility index (Phi) is 7.62. The van der Waals surface area contributed by atoms with E-state index in [2.05, 4.69) is 60.2 Å². The van der Waals surface area contributed by atoms with E-state index in [0.29, 0.717) is 12.0 Å². The molecular formula is C16H28ClN5. The van der Waals surface area contributed by atoms with Crippen LogP contribution in [0.15, 0.2) is 24.7 Å². The molecule has 0 fully saturated rings. The number of aromatic nitrogens is 4. The molecule has 0 spiro atoms. The average molecular weight is 326 g/mol. The summed E-state index contributed by atoms with van der Waals surface area (Å²) in [6.45, 7) is 11.4. The maximum absolute atomic E-state index is 4.41. The topological polar surface area (TPSA) is 47.7 Å². The summed E-state index contributed by atoms with van der Waals surface area (Å²) in [6.07, 6.45) is 7.04. The summed E-state index contributed by atoms with van der Waals surface area (Å²) in [4.78, 5) is 0. The zero-order chi connectivity index (χ0) is 15.2. The summed E-state index contributed by atoms with van der Waals surface area (Å²) in [6, 6.07) is 2.53. The van der Waals surface area contributed by atoms with E-state index in [4.69, 9.17) is 0 Å². The molecule has 0 aromatic carbocycles. The van der Waals surface area contributed by atoms with E-state index >= 15 is 0 Å². The highest BCUT2D eigenvalue weighted by molar-refractivity contribution is 5.85. The number of nitrogens with one attached hydrogen (secondary N) is 1. The van der Waals surface area contributed by atoms with E-state index in [1.807, 2.05) is 17.1 Å². The number of nitrogens with zero attached hydrogens (tertiary/aromatic N) is 4. The second kappa shape index (κ2) is 8.96. The SMILES string of the molecule is CCC(C)n1nccc1CNCc1cnn(CC(C)C)c1.Cl. The molecule has 5 nitrogen and oxygen atoms in total. The first-order chi connectivity index (χ1) is 10.1. The van der Waals surface area contributed by atoms with Crippen molar-refractivity contribution in [1.29, 1.82) is 0 Å². The van der Waals surface area contributed by atoms with Gasteiger partial charge in [-0.25, -0.2) is 0 Å². The van der Waals surface area contributed by atoms with E-state index in [9.17, 15) is 0 Å². The summed E-state index contributed by atoms with van der Waals surface area (Å²) in [7, 11) is 0. The van der Waals surface area contributed by atoms with Crippen LogP contribution >= 0.6 is 12.4 Å². The van der Waals surface area contributed by atoms with Crippen LogP contribution in [0.1, 0.15) is 51.4 Å². The predicted octanol–water partition coefficient (Wildman–Crippen LogP) is 3.42. The smallest absolute Gasteiger partial charge is 0.0534 e. The highest BCUT2D eigenvalue weighted by atomic mass is 35.5. The Morgan fingerprint density at radius 1 is 1.18 bits per heavy atom. The van der Waals surface area contributed by atoms with Crippen LogP contribution in [0, 0.1) is 5.92 Å². The van der Waals surface area contributed by atoms with Gasteiger partial charge in [0.05, 0.1) is 11.9 Å². The molecule has 6 heteroatoms. The van der Waals surface area contributed by atoms with Crippen molar-refractivity contribution in [2.75, 3.05) is 0 Å². The van der Waals surface area contributed by atoms with E-state index in [1.54, 1.807) is 0 Å². The van der Waals surface area contributed by atoms with E-state index in [-0.39, 0.29) is 12.4 Å². The Hall–Kier alpha value is -1.33. The molecule has 2 aromatic rings. The number of hydrogen-bond acceptors (Lipinski definition) is 3. The van der Waals surface area contributed by atoms with Crippen molar-refractivity contribution in [2.24, 2.45) is 5.92 Å². The van der Waals surface area contributed by atoms with Crippen LogP contribution in [0.3, 0.4) is 0 Å². The van der Waals surface area contributed by atoms with Crippen molar-refractivity contribution in [2.45, 2.75) is 59.8 Å². The van der Waals surface area contributed by atoms with Gasteiger partial charge in [-0.15, -0.1) is 12.4 Å². The molecule has 0 aliphatic carbocycles. The maximum Gasteiger partial charge on any atom is 0.0534 e. The van der Waals surface area contributed by atoms with Gasteiger partial charge in [-0.05, 0) is 25.3 Å². The molecular weight excluding hydrogens is 298 g/mol. The van der Waals surface area contributed by atoms with Crippen LogP contribution in [0.5, 0.6) is 0 Å². The lowest BCUT2D eigenvalue weighted by Crippen LogP contribution is -2.18. The van der Waals surface area contributed by atoms with Gasteiger partial charge in [0.15, 0.2) is 0 Å². The lowest BCUT2D eigenvalue weighted by atomic mass is 10.2. The molecule has 0 amide bonds. The van der Waals surface area contributed by atoms with Gasteiger partial charge in [0.1, 0.15) is 0 Å². The summed E-state index contributed by atoms with van der Waals surface area (Å²) >= 11 is 0. The molecule has 0 radical (unpaired) electrons. The van der Waals surface area contributed by atoms with E-state index in [0.717, 1.165) is 26.1 Å². The van der Waals surface area contributed by atoms with Gasteiger partial charge < -0.3 is 5.32 Å². The molecule has 0 bridgehead atoms. The van der Waals surface area contributed by atoms with Gasteiger partial charge in [-0.1, -0.05) is 20.8 Å². The second-order valence-electron chi connectivity index (χ2n) is 6.09. The van der Waals surface area contributed by atoms with Crippen molar-refractivity contribution in [3.8, 4) is 0 Å². The molecule has 2 rings (SSSR count). The molecule has 124 valence electrons. The van der Waals surface area contributed by atoms with Crippen molar-refractivity contribution in [1.82, 2.24) is 24.9 Å². The van der Waals surface area contributed by atoms with Crippen LogP contribution in [0.25, 0.3) is 0 Å². The molecule has 1 atom stereocenters. The van der Waals surface area contributed by atoms with Crippen molar-refractivity contribution >= 4 is 12.4 Å². The summed E-state index contributed by atoms with van der Waals surface area (Å²) in [5.41, 5.74) is 2.46. The van der Waals surface area contributed by atoms with Gasteiger partial charge in [0.25, 0.3) is 0 Å². The molecule has 22 heavy (non-hydrogen) atoms. The quantitative estimate of drug-likeness (QED) is 0.809. The third-order valence-corrected chi connectivity index (χ3v) is 3.63. The molecule has 0 aliphatic rings. The minimum atomic E-state index is 0. The van der Waals surface area contributed by atoms with Crippen LogP contribution in [-0.4, -0.2) is 19.6 Å². The molecule has 0 saturated carbocycles. The van der Waals surface area contributed by atoms with Crippen LogP contribution in [-0.2, 0) is 19.6 Å². The highest BCUT2D eigenvalue weighted by Gasteiger charge is 2.08. The lowest BCUT2D eigenvalue weighted by Gasteiger charge is -2.14. The van der Waals surface area contributed by atoms with Gasteiger partial charge in [0.2, 0.25) is 0 Å². The third kappa shape index (κ3) is 5.14. The highest BCUT2D eigenvalue weighted by Crippen LogP contribution is 2.12. The van der Waals surface area contributed by atoms with Crippen molar-refractivity contribution in [3.05, 3.63) is 35.9 Å². The molecule has 2 aromatic heterocycles. The number of hydrogen-bond donors (Lipinski definition) is 1. The first kappa shape index (κ1) is 18.7. The molecule has 0 aliphatic heterocycles. The van der Waals surface area contributed by atoms with Crippen molar-refractivity contribution in [3.63, 3.8) is 0 Å². The Morgan fingerprint density at radius 2 is 1.95 bits per heavy atom. The fourth-order valence-corrected chi connectivity index (χ4v) is 2.36. The Morgan fingerprint density at radius 3 is 2.64 bits per heavy atom. The number of halogens is 1. The summed E-state index contributed by atoms with van der Waals surface area (Å²) in [5.74, 6) is 0.621. The van der Waals surface area contributed by atoms with Crippen LogP contribution in [0.4, 0.5) is 0 Å². The first-order valence-corrected chi connectivity index (χ1v) is 7.84. The van der Waals surface area contributed by atoms with Crippen LogP contribution < -0.4 is 5.32 Å². The first-order valence-electron chi connectivity index (χ1n) is 7.84. The number of rotatable bonds is 8. The van der Waals surface area contributed by atoms with Gasteiger partial charge in [-0.2, -0.15) is 10.2 Å². The van der Waals surface area contributed by atoms with Crippen LogP contribution in [0.2, 0.25) is 0 Å². The zero-order valence-corrected chi connectivity index (χ0v) is 14.8. The average Bonchev–Trinajstić information content (AvgIpc) is 3.07. The lowest BCUT2D eigenvalue weighted by molar-refractivity contribution is 0.451. The summed E-state index contributed by atoms with van der Waals surface area (Å²) < 4.78 is 4.13. The minimum Gasteiger partial charge on any atom is -0.307 e. The zero-order valence-electron chi connectivity index (χ0n) is 14.0. The molecule has 1 N–H and O–H groups in total. The van der Waals surface area contributed by atoms with Gasteiger partial charge in [0, 0.05) is 43.6 Å². The standard InChI is InChI=1S/C16H27N5.ClH/c1-5-14(4)21-16(6-7-18-21)10-17-8-15-9-19-20(12-15)11-13(2)3;/h6-7,9,12-14,17H,5,8,10-11H2,1-4H3;1H. The second-order valence-corrected chi connectivity index (χ2v) is 6.09. The van der Waals surface area contributed by atoms with Gasteiger partial charge in [-0.3, -0.25) is 9.36 Å². The Balaban J connectivity index is 0.00000242. The van der Waals surface area contributed by atoms with E-state index < -0.39 is 0 Å². The maximum atomic E-state index is 4.41. The molecule has 2 heterocycles. The largest absolute Gasteiger partial charge is 0.307 e.